The normalized spacial score (nSPS) is 10.8. The van der Waals surface area contributed by atoms with E-state index in [0.717, 1.165) is 32.4 Å². The van der Waals surface area contributed by atoms with Crippen LogP contribution in [0.5, 0.6) is 0 Å². The zero-order chi connectivity index (χ0) is 12.5. The molecular formula is C14H24N2O. The number of hydrogen-bond acceptors (Lipinski definition) is 3. The van der Waals surface area contributed by atoms with Crippen molar-refractivity contribution < 1.29 is 5.11 Å². The SMILES string of the molecule is CN(C)Cc1cccc(NCCCCCO)c1. The molecule has 3 nitrogen and oxygen atoms in total. The molecule has 1 aromatic rings. The first-order valence-corrected chi connectivity index (χ1v) is 6.31. The number of unbranched alkanes of at least 4 members (excludes halogenated alkanes) is 2. The third-order valence-corrected chi connectivity index (χ3v) is 2.59. The number of aliphatic hydroxyl groups is 1. The van der Waals surface area contributed by atoms with Gasteiger partial charge in [0.1, 0.15) is 0 Å². The van der Waals surface area contributed by atoms with Crippen molar-refractivity contribution in [2.24, 2.45) is 0 Å². The molecule has 0 unspecified atom stereocenters. The van der Waals surface area contributed by atoms with Crippen LogP contribution in [-0.4, -0.2) is 37.3 Å². The molecule has 0 saturated carbocycles. The largest absolute Gasteiger partial charge is 0.396 e. The zero-order valence-corrected chi connectivity index (χ0v) is 10.9. The predicted octanol–water partition coefficient (Wildman–Crippen LogP) is 2.32. The van der Waals surface area contributed by atoms with Gasteiger partial charge in [-0.1, -0.05) is 12.1 Å². The lowest BCUT2D eigenvalue weighted by Crippen LogP contribution is -2.11. The monoisotopic (exact) mass is 236 g/mol. The molecule has 0 radical (unpaired) electrons. The van der Waals surface area contributed by atoms with Crippen LogP contribution in [0.3, 0.4) is 0 Å². The molecule has 0 bridgehead atoms. The summed E-state index contributed by atoms with van der Waals surface area (Å²) in [4.78, 5) is 2.17. The van der Waals surface area contributed by atoms with Crippen molar-refractivity contribution in [2.45, 2.75) is 25.8 Å². The van der Waals surface area contributed by atoms with Gasteiger partial charge in [-0.25, -0.2) is 0 Å². The van der Waals surface area contributed by atoms with Gasteiger partial charge >= 0.3 is 0 Å². The Hall–Kier alpha value is -1.06. The van der Waals surface area contributed by atoms with E-state index in [2.05, 4.69) is 48.6 Å². The second-order valence-electron chi connectivity index (χ2n) is 4.65. The fourth-order valence-electron chi connectivity index (χ4n) is 1.79. The highest BCUT2D eigenvalue weighted by Gasteiger charge is 1.97. The summed E-state index contributed by atoms with van der Waals surface area (Å²) in [6.45, 7) is 2.25. The van der Waals surface area contributed by atoms with Gasteiger partial charge in [0, 0.05) is 25.4 Å². The molecule has 0 spiro atoms. The van der Waals surface area contributed by atoms with Crippen LogP contribution >= 0.6 is 0 Å². The Morgan fingerprint density at radius 3 is 2.71 bits per heavy atom. The van der Waals surface area contributed by atoms with E-state index >= 15 is 0 Å². The van der Waals surface area contributed by atoms with Gasteiger partial charge < -0.3 is 15.3 Å². The van der Waals surface area contributed by atoms with E-state index in [9.17, 15) is 0 Å². The number of nitrogens with zero attached hydrogens (tertiary/aromatic N) is 1. The van der Waals surface area contributed by atoms with Gasteiger partial charge in [-0.05, 0) is 51.1 Å². The molecule has 0 saturated heterocycles. The van der Waals surface area contributed by atoms with Gasteiger partial charge in [0.05, 0.1) is 0 Å². The van der Waals surface area contributed by atoms with Crippen molar-refractivity contribution in [3.05, 3.63) is 29.8 Å². The van der Waals surface area contributed by atoms with Crippen molar-refractivity contribution in [1.82, 2.24) is 4.90 Å². The Bertz CT molecular complexity index is 313. The first-order chi connectivity index (χ1) is 8.22. The van der Waals surface area contributed by atoms with Crippen LogP contribution in [0.25, 0.3) is 0 Å². The molecule has 3 heteroatoms. The molecule has 0 heterocycles. The Morgan fingerprint density at radius 1 is 1.18 bits per heavy atom. The lowest BCUT2D eigenvalue weighted by atomic mass is 10.2. The van der Waals surface area contributed by atoms with E-state index in [1.807, 2.05) is 0 Å². The van der Waals surface area contributed by atoms with Crippen molar-refractivity contribution in [1.29, 1.82) is 0 Å². The molecule has 1 aromatic carbocycles. The number of rotatable bonds is 8. The number of benzene rings is 1. The summed E-state index contributed by atoms with van der Waals surface area (Å²) in [5.74, 6) is 0. The average molecular weight is 236 g/mol. The van der Waals surface area contributed by atoms with Crippen LogP contribution in [0.2, 0.25) is 0 Å². The van der Waals surface area contributed by atoms with E-state index in [1.165, 1.54) is 11.3 Å². The van der Waals surface area contributed by atoms with Gasteiger partial charge in [-0.15, -0.1) is 0 Å². The van der Waals surface area contributed by atoms with Crippen molar-refractivity contribution in [3.8, 4) is 0 Å². The highest BCUT2D eigenvalue weighted by molar-refractivity contribution is 5.45. The Balaban J connectivity index is 2.32. The highest BCUT2D eigenvalue weighted by Crippen LogP contribution is 2.12. The summed E-state index contributed by atoms with van der Waals surface area (Å²) in [6, 6.07) is 8.54. The number of aliphatic hydroxyl groups excluding tert-OH is 1. The summed E-state index contributed by atoms with van der Waals surface area (Å²) >= 11 is 0. The molecule has 0 fully saturated rings. The summed E-state index contributed by atoms with van der Waals surface area (Å²) in [7, 11) is 4.16. The smallest absolute Gasteiger partial charge is 0.0431 e. The Kier molecular flexibility index (Phi) is 6.67. The molecule has 0 aromatic heterocycles. The maximum Gasteiger partial charge on any atom is 0.0431 e. The fraction of sp³-hybridized carbons (Fsp3) is 0.571. The molecule has 96 valence electrons. The van der Waals surface area contributed by atoms with Gasteiger partial charge in [0.25, 0.3) is 0 Å². The minimum Gasteiger partial charge on any atom is -0.396 e. The van der Waals surface area contributed by atoms with Crippen molar-refractivity contribution in [3.63, 3.8) is 0 Å². The van der Waals surface area contributed by atoms with Crippen LogP contribution in [-0.2, 0) is 6.54 Å². The number of nitrogens with one attached hydrogen (secondary N) is 1. The minimum atomic E-state index is 0.304. The van der Waals surface area contributed by atoms with Crippen LogP contribution < -0.4 is 5.32 Å². The average Bonchev–Trinajstić information content (AvgIpc) is 2.28. The highest BCUT2D eigenvalue weighted by atomic mass is 16.2. The predicted molar refractivity (Wildman–Crippen MR) is 73.3 cm³/mol. The number of anilines is 1. The second-order valence-corrected chi connectivity index (χ2v) is 4.65. The third-order valence-electron chi connectivity index (χ3n) is 2.59. The Labute approximate surface area is 104 Å². The fourth-order valence-corrected chi connectivity index (χ4v) is 1.79. The summed E-state index contributed by atoms with van der Waals surface area (Å²) in [6.07, 6.45) is 3.10. The zero-order valence-electron chi connectivity index (χ0n) is 10.9. The van der Waals surface area contributed by atoms with Crippen molar-refractivity contribution in [2.75, 3.05) is 32.6 Å². The molecule has 1 rings (SSSR count). The van der Waals surface area contributed by atoms with E-state index in [0.29, 0.717) is 6.61 Å². The molecular weight excluding hydrogens is 212 g/mol. The van der Waals surface area contributed by atoms with Crippen LogP contribution in [0, 0.1) is 0 Å². The molecule has 0 atom stereocenters. The standard InChI is InChI=1S/C14H24N2O/c1-16(2)12-13-7-6-8-14(11-13)15-9-4-3-5-10-17/h6-8,11,15,17H,3-5,9-10,12H2,1-2H3. The quantitative estimate of drug-likeness (QED) is 0.680. The van der Waals surface area contributed by atoms with Crippen LogP contribution in [0.15, 0.2) is 24.3 Å². The third kappa shape index (κ3) is 6.29. The first-order valence-electron chi connectivity index (χ1n) is 6.31. The second kappa shape index (κ2) is 8.09. The van der Waals surface area contributed by atoms with E-state index in [4.69, 9.17) is 5.11 Å². The van der Waals surface area contributed by atoms with Gasteiger partial charge in [0.2, 0.25) is 0 Å². The summed E-state index contributed by atoms with van der Waals surface area (Å²) in [5, 5.41) is 12.1. The first kappa shape index (κ1) is 14.0. The molecule has 0 aliphatic heterocycles. The minimum absolute atomic E-state index is 0.304. The molecule has 0 amide bonds. The molecule has 2 N–H and O–H groups in total. The van der Waals surface area contributed by atoms with Crippen molar-refractivity contribution >= 4 is 5.69 Å². The molecule has 0 aliphatic carbocycles. The van der Waals surface area contributed by atoms with Gasteiger partial charge in [-0.2, -0.15) is 0 Å². The van der Waals surface area contributed by atoms with E-state index < -0.39 is 0 Å². The summed E-state index contributed by atoms with van der Waals surface area (Å²) < 4.78 is 0. The molecule has 17 heavy (non-hydrogen) atoms. The van der Waals surface area contributed by atoms with Gasteiger partial charge in [-0.3, -0.25) is 0 Å². The Morgan fingerprint density at radius 2 is 2.00 bits per heavy atom. The van der Waals surface area contributed by atoms with Crippen LogP contribution in [0.4, 0.5) is 5.69 Å². The lowest BCUT2D eigenvalue weighted by molar-refractivity contribution is 0.283. The lowest BCUT2D eigenvalue weighted by Gasteiger charge is -2.12. The van der Waals surface area contributed by atoms with E-state index in [-0.39, 0.29) is 0 Å². The van der Waals surface area contributed by atoms with Crippen LogP contribution in [0.1, 0.15) is 24.8 Å². The maximum atomic E-state index is 8.68. The number of hydrogen-bond donors (Lipinski definition) is 2. The summed E-state index contributed by atoms with van der Waals surface area (Å²) in [5.41, 5.74) is 2.52. The topological polar surface area (TPSA) is 35.5 Å². The maximum absolute atomic E-state index is 8.68. The van der Waals surface area contributed by atoms with E-state index in [1.54, 1.807) is 0 Å². The molecule has 0 aliphatic rings. The van der Waals surface area contributed by atoms with Gasteiger partial charge in [0.15, 0.2) is 0 Å².